The minimum atomic E-state index is -3.71. The van der Waals surface area contributed by atoms with Gasteiger partial charge < -0.3 is 19.7 Å². The molecule has 1 aromatic carbocycles. The van der Waals surface area contributed by atoms with Gasteiger partial charge in [-0.05, 0) is 23.6 Å². The molecule has 2 aromatic rings. The zero-order chi connectivity index (χ0) is 22.7. The number of sulfonamides is 1. The summed E-state index contributed by atoms with van der Waals surface area (Å²) in [5, 5.41) is 4.73. The summed E-state index contributed by atoms with van der Waals surface area (Å²) in [5.41, 5.74) is 0. The third-order valence-electron chi connectivity index (χ3n) is 5.39. The summed E-state index contributed by atoms with van der Waals surface area (Å²) in [7, 11) is -3.71. The minimum absolute atomic E-state index is 0.117. The molecule has 2 amide bonds. The Bertz CT molecular complexity index is 1080. The van der Waals surface area contributed by atoms with Crippen molar-refractivity contribution in [1.29, 1.82) is 0 Å². The van der Waals surface area contributed by atoms with E-state index in [-0.39, 0.29) is 42.3 Å². The molecule has 3 heterocycles. The largest absolute Gasteiger partial charge is 0.486 e. The Balaban J connectivity index is 1.39. The van der Waals surface area contributed by atoms with Crippen LogP contribution in [0.3, 0.4) is 0 Å². The predicted octanol–water partition coefficient (Wildman–Crippen LogP) is 1.62. The highest BCUT2D eigenvalue weighted by atomic mass is 32.2. The van der Waals surface area contributed by atoms with Crippen LogP contribution in [-0.2, 0) is 19.6 Å². The van der Waals surface area contributed by atoms with Crippen LogP contribution in [0.25, 0.3) is 0 Å². The molecule has 1 saturated heterocycles. The van der Waals surface area contributed by atoms with Crippen LogP contribution in [0.5, 0.6) is 11.5 Å². The monoisotopic (exact) mass is 479 g/mol. The molecule has 0 saturated carbocycles. The van der Waals surface area contributed by atoms with Crippen LogP contribution in [0.4, 0.5) is 0 Å². The third-order valence-corrected chi connectivity index (χ3v) is 8.27. The smallest absolute Gasteiger partial charge is 0.243 e. The average Bonchev–Trinajstić information content (AvgIpc) is 3.33. The molecule has 9 nitrogen and oxygen atoms in total. The molecule has 4 rings (SSSR count). The molecule has 0 bridgehead atoms. The van der Waals surface area contributed by atoms with E-state index in [9.17, 15) is 18.0 Å². The number of fused-ring (bicyclic) bond motifs is 1. The van der Waals surface area contributed by atoms with Gasteiger partial charge in [-0.25, -0.2) is 8.42 Å². The van der Waals surface area contributed by atoms with Gasteiger partial charge in [-0.15, -0.1) is 11.3 Å². The number of nitrogens with one attached hydrogen (secondary N) is 1. The second-order valence-electron chi connectivity index (χ2n) is 7.56. The molecule has 1 unspecified atom stereocenters. The van der Waals surface area contributed by atoms with Gasteiger partial charge in [0.1, 0.15) is 13.2 Å². The zero-order valence-electron chi connectivity index (χ0n) is 17.7. The van der Waals surface area contributed by atoms with Crippen molar-refractivity contribution in [2.24, 2.45) is 0 Å². The summed E-state index contributed by atoms with van der Waals surface area (Å²) in [6, 6.07) is 7.98. The summed E-state index contributed by atoms with van der Waals surface area (Å²) in [5.74, 6) is 0.633. The zero-order valence-corrected chi connectivity index (χ0v) is 19.3. The first-order valence-corrected chi connectivity index (χ1v) is 12.6. The Labute approximate surface area is 191 Å². The van der Waals surface area contributed by atoms with Gasteiger partial charge >= 0.3 is 0 Å². The van der Waals surface area contributed by atoms with E-state index in [0.29, 0.717) is 37.8 Å². The number of hydrogen-bond acceptors (Lipinski definition) is 7. The van der Waals surface area contributed by atoms with Gasteiger partial charge in [0.2, 0.25) is 21.8 Å². The summed E-state index contributed by atoms with van der Waals surface area (Å²) in [4.78, 5) is 27.1. The molecule has 2 aliphatic rings. The van der Waals surface area contributed by atoms with Crippen molar-refractivity contribution in [2.75, 3.05) is 39.4 Å². The van der Waals surface area contributed by atoms with E-state index in [0.717, 1.165) is 4.88 Å². The molecule has 172 valence electrons. The maximum atomic E-state index is 13.1. The highest BCUT2D eigenvalue weighted by Crippen LogP contribution is 2.33. The summed E-state index contributed by atoms with van der Waals surface area (Å²) in [6.07, 6.45) is 0.134. The van der Waals surface area contributed by atoms with E-state index in [1.807, 2.05) is 17.5 Å². The van der Waals surface area contributed by atoms with Crippen LogP contribution in [0, 0.1) is 0 Å². The van der Waals surface area contributed by atoms with Gasteiger partial charge in [-0.1, -0.05) is 6.07 Å². The molecule has 0 spiro atoms. The summed E-state index contributed by atoms with van der Waals surface area (Å²) in [6.45, 7) is 3.22. The molecule has 32 heavy (non-hydrogen) atoms. The Morgan fingerprint density at radius 2 is 1.81 bits per heavy atom. The highest BCUT2D eigenvalue weighted by molar-refractivity contribution is 7.89. The molecule has 0 radical (unpaired) electrons. The minimum Gasteiger partial charge on any atom is -0.486 e. The maximum Gasteiger partial charge on any atom is 0.243 e. The quantitative estimate of drug-likeness (QED) is 0.675. The second kappa shape index (κ2) is 9.47. The first-order chi connectivity index (χ1) is 15.3. The Hall–Kier alpha value is -2.63. The van der Waals surface area contributed by atoms with Crippen molar-refractivity contribution in [1.82, 2.24) is 14.5 Å². The standard InChI is InChI=1S/C21H25N3O6S2/c1-15(25)22-17(20-3-2-12-31-20)14-21(26)23-6-8-24(9-7-23)32(27,28)16-4-5-18-19(13-16)30-11-10-29-18/h2-5,12-13,17H,6-11,14H2,1H3,(H,22,25). The van der Waals surface area contributed by atoms with Gasteiger partial charge in [0.15, 0.2) is 11.5 Å². The van der Waals surface area contributed by atoms with E-state index < -0.39 is 10.0 Å². The number of ether oxygens (including phenoxy) is 2. The second-order valence-corrected chi connectivity index (χ2v) is 10.5. The number of amides is 2. The molecule has 2 aliphatic heterocycles. The van der Waals surface area contributed by atoms with Crippen LogP contribution in [0.2, 0.25) is 0 Å². The lowest BCUT2D eigenvalue weighted by atomic mass is 10.1. The Morgan fingerprint density at radius 1 is 1.09 bits per heavy atom. The molecule has 1 N–H and O–H groups in total. The van der Waals surface area contributed by atoms with Crippen molar-refractivity contribution in [3.63, 3.8) is 0 Å². The number of benzene rings is 1. The lowest BCUT2D eigenvalue weighted by Gasteiger charge is -2.34. The first-order valence-electron chi connectivity index (χ1n) is 10.3. The first kappa shape index (κ1) is 22.6. The van der Waals surface area contributed by atoms with Crippen molar-refractivity contribution in [2.45, 2.75) is 24.3 Å². The van der Waals surface area contributed by atoms with Crippen LogP contribution in [-0.4, -0.2) is 68.8 Å². The number of hydrogen-bond donors (Lipinski definition) is 1. The normalized spacial score (nSPS) is 17.6. The maximum absolute atomic E-state index is 13.1. The van der Waals surface area contributed by atoms with E-state index in [1.54, 1.807) is 11.0 Å². The lowest BCUT2D eigenvalue weighted by Crippen LogP contribution is -2.51. The SMILES string of the molecule is CC(=O)NC(CC(=O)N1CCN(S(=O)(=O)c2ccc3c(c2)OCCO3)CC1)c1cccs1. The van der Waals surface area contributed by atoms with Gasteiger partial charge in [0.05, 0.1) is 17.4 Å². The Morgan fingerprint density at radius 3 is 2.47 bits per heavy atom. The summed E-state index contributed by atoms with van der Waals surface area (Å²) >= 11 is 1.48. The van der Waals surface area contributed by atoms with Crippen LogP contribution >= 0.6 is 11.3 Å². The van der Waals surface area contributed by atoms with E-state index in [2.05, 4.69) is 5.32 Å². The molecule has 0 aliphatic carbocycles. The number of piperazine rings is 1. The van der Waals surface area contributed by atoms with Crippen molar-refractivity contribution < 1.29 is 27.5 Å². The van der Waals surface area contributed by atoms with Gasteiger partial charge in [-0.3, -0.25) is 9.59 Å². The van der Waals surface area contributed by atoms with E-state index in [4.69, 9.17) is 9.47 Å². The van der Waals surface area contributed by atoms with Crippen LogP contribution < -0.4 is 14.8 Å². The van der Waals surface area contributed by atoms with E-state index in [1.165, 1.54) is 34.7 Å². The molecular formula is C21H25N3O6S2. The van der Waals surface area contributed by atoms with Crippen molar-refractivity contribution >= 4 is 33.2 Å². The highest BCUT2D eigenvalue weighted by Gasteiger charge is 2.32. The van der Waals surface area contributed by atoms with Crippen molar-refractivity contribution in [3.8, 4) is 11.5 Å². The molecular weight excluding hydrogens is 454 g/mol. The number of rotatable bonds is 6. The van der Waals surface area contributed by atoms with Gasteiger partial charge in [0.25, 0.3) is 0 Å². The lowest BCUT2D eigenvalue weighted by molar-refractivity contribution is -0.133. The number of nitrogens with zero attached hydrogens (tertiary/aromatic N) is 2. The fraction of sp³-hybridized carbons (Fsp3) is 0.429. The molecule has 11 heteroatoms. The number of carbonyl (C=O) groups excluding carboxylic acids is 2. The number of carbonyl (C=O) groups is 2. The van der Waals surface area contributed by atoms with Crippen LogP contribution in [0.1, 0.15) is 24.3 Å². The van der Waals surface area contributed by atoms with Gasteiger partial charge in [0, 0.05) is 44.0 Å². The van der Waals surface area contributed by atoms with E-state index >= 15 is 0 Å². The molecule has 1 aromatic heterocycles. The fourth-order valence-corrected chi connectivity index (χ4v) is 5.99. The Kier molecular flexibility index (Phi) is 6.68. The molecule has 1 atom stereocenters. The molecule has 1 fully saturated rings. The van der Waals surface area contributed by atoms with Crippen LogP contribution in [0.15, 0.2) is 40.6 Å². The predicted molar refractivity (Wildman–Crippen MR) is 118 cm³/mol. The van der Waals surface area contributed by atoms with Crippen molar-refractivity contribution in [3.05, 3.63) is 40.6 Å². The average molecular weight is 480 g/mol. The fourth-order valence-electron chi connectivity index (χ4n) is 3.77. The topological polar surface area (TPSA) is 105 Å². The number of thiophene rings is 1. The van der Waals surface area contributed by atoms with Gasteiger partial charge in [-0.2, -0.15) is 4.31 Å². The summed E-state index contributed by atoms with van der Waals surface area (Å²) < 4.78 is 38.5. The third kappa shape index (κ3) is 4.89.